The molecule has 1 heterocycles. The molecule has 0 aromatic heterocycles. The Morgan fingerprint density at radius 3 is 1.26 bits per heavy atom. The molecule has 1 amide bonds. The van der Waals surface area contributed by atoms with Crippen molar-refractivity contribution in [1.82, 2.24) is 5.32 Å². The maximum atomic E-state index is 13.1. The van der Waals surface area contributed by atoms with E-state index in [1.54, 1.807) is 6.08 Å². The number of unbranched alkanes of at least 4 members (excludes halogenated alkanes) is 17. The predicted octanol–water partition coefficient (Wildman–Crippen LogP) is 15.5. The van der Waals surface area contributed by atoms with Crippen molar-refractivity contribution in [3.8, 4) is 0 Å². The predicted molar refractivity (Wildman–Crippen MR) is 322 cm³/mol. The van der Waals surface area contributed by atoms with E-state index >= 15 is 0 Å². The van der Waals surface area contributed by atoms with Gasteiger partial charge in [-0.3, -0.25) is 4.79 Å². The number of hydrogen-bond donors (Lipinski definition) is 6. The molecule has 7 atom stereocenters. The zero-order valence-electron chi connectivity index (χ0n) is 47.7. The number of aliphatic hydroxyl groups excluding tert-OH is 5. The summed E-state index contributed by atoms with van der Waals surface area (Å²) in [6.07, 6.45) is 77.6. The number of ether oxygens (including phenoxy) is 2. The number of nitrogens with one attached hydrogen (secondary N) is 1. The van der Waals surface area contributed by atoms with Crippen LogP contribution in [0.3, 0.4) is 0 Å². The van der Waals surface area contributed by atoms with Crippen LogP contribution in [-0.2, 0) is 14.3 Å². The first-order valence-corrected chi connectivity index (χ1v) is 30.1. The Morgan fingerprint density at radius 1 is 0.461 bits per heavy atom. The van der Waals surface area contributed by atoms with Gasteiger partial charge in [0.2, 0.25) is 5.91 Å². The van der Waals surface area contributed by atoms with E-state index < -0.39 is 49.5 Å². The van der Waals surface area contributed by atoms with Crippen LogP contribution >= 0.6 is 0 Å². The molecule has 0 bridgehead atoms. The maximum Gasteiger partial charge on any atom is 0.220 e. The Kier molecular flexibility index (Phi) is 50.2. The summed E-state index contributed by atoms with van der Waals surface area (Å²) in [6.45, 7) is 3.62. The van der Waals surface area contributed by atoms with E-state index in [2.05, 4.69) is 153 Å². The van der Waals surface area contributed by atoms with Gasteiger partial charge in [-0.1, -0.05) is 237 Å². The van der Waals surface area contributed by atoms with Crippen LogP contribution in [0, 0.1) is 0 Å². The number of allylic oxidation sites excluding steroid dienone is 23. The van der Waals surface area contributed by atoms with Gasteiger partial charge in [0.15, 0.2) is 6.29 Å². The molecule has 1 aliphatic heterocycles. The molecular weight excluding hydrogens is 947 g/mol. The molecule has 1 rings (SSSR count). The topological polar surface area (TPSA) is 149 Å². The summed E-state index contributed by atoms with van der Waals surface area (Å²) in [5, 5.41) is 54.5. The fraction of sp³-hybridized carbons (Fsp3) is 0.627. The molecule has 0 saturated carbocycles. The number of hydrogen-bond acceptors (Lipinski definition) is 8. The summed E-state index contributed by atoms with van der Waals surface area (Å²) < 4.78 is 11.2. The highest BCUT2D eigenvalue weighted by molar-refractivity contribution is 5.76. The number of carbonyl (C=O) groups excluding carboxylic acids is 1. The van der Waals surface area contributed by atoms with Crippen molar-refractivity contribution in [2.24, 2.45) is 0 Å². The zero-order chi connectivity index (χ0) is 55.0. The van der Waals surface area contributed by atoms with Crippen LogP contribution in [0.5, 0.6) is 0 Å². The molecule has 0 aromatic rings. The van der Waals surface area contributed by atoms with Gasteiger partial charge < -0.3 is 40.3 Å². The molecule has 0 radical (unpaired) electrons. The Labute approximate surface area is 463 Å². The van der Waals surface area contributed by atoms with Gasteiger partial charge in [0, 0.05) is 6.42 Å². The molecule has 430 valence electrons. The third-order valence-corrected chi connectivity index (χ3v) is 13.1. The lowest BCUT2D eigenvalue weighted by molar-refractivity contribution is -0.302. The minimum Gasteiger partial charge on any atom is -0.394 e. The zero-order valence-corrected chi connectivity index (χ0v) is 47.7. The van der Waals surface area contributed by atoms with Crippen LogP contribution in [0.2, 0.25) is 0 Å². The van der Waals surface area contributed by atoms with E-state index in [1.807, 2.05) is 6.08 Å². The fourth-order valence-electron chi connectivity index (χ4n) is 8.41. The Morgan fingerprint density at radius 2 is 0.829 bits per heavy atom. The highest BCUT2D eigenvalue weighted by Gasteiger charge is 2.44. The van der Waals surface area contributed by atoms with Gasteiger partial charge >= 0.3 is 0 Å². The standard InChI is InChI=1S/C67H109NO8/c1-3-5-7-9-11-13-15-17-19-21-23-25-26-27-28-29-30-31-32-33-34-35-36-37-39-41-43-45-47-49-51-53-55-57-63(71)68-60(59-75-67-66(74)65(73)64(72)62(58-69)76-67)61(70)56-54-52-50-48-46-44-42-40-38-24-22-20-18-16-14-12-10-8-6-4-2/h5,7,11,13,17,19,23,25,27-28,30-31,33-34,36-38,40-41,43,46,48,54,56,60-62,64-67,69-70,72-74H,3-4,6,8-10,12,14-16,18,20-22,24,26,29,32,35,39,42,44-45,47,49-53,55,57-59H2,1-2H3,(H,68,71)/b7-5-,13-11-,19-17-,25-23-,28-27-,31-30-,34-33-,37-36-,40-38+,43-41-,48-46+,56-54+. The minimum atomic E-state index is -1.59. The number of carbonyl (C=O) groups is 1. The molecule has 1 fully saturated rings. The van der Waals surface area contributed by atoms with Gasteiger partial charge in [-0.25, -0.2) is 0 Å². The largest absolute Gasteiger partial charge is 0.394 e. The van der Waals surface area contributed by atoms with Gasteiger partial charge in [-0.2, -0.15) is 0 Å². The van der Waals surface area contributed by atoms with Crippen molar-refractivity contribution >= 4 is 5.91 Å². The Balaban J connectivity index is 2.28. The average Bonchev–Trinajstić information content (AvgIpc) is 3.42. The van der Waals surface area contributed by atoms with Crippen LogP contribution in [0.4, 0.5) is 0 Å². The summed E-state index contributed by atoms with van der Waals surface area (Å²) in [5.41, 5.74) is 0. The van der Waals surface area contributed by atoms with Crippen molar-refractivity contribution in [2.45, 2.75) is 256 Å². The monoisotopic (exact) mass is 1060 g/mol. The quantitative estimate of drug-likeness (QED) is 0.0261. The first-order valence-electron chi connectivity index (χ1n) is 30.1. The number of aliphatic hydroxyl groups is 5. The van der Waals surface area contributed by atoms with E-state index in [-0.39, 0.29) is 12.5 Å². The molecular formula is C67H109NO8. The van der Waals surface area contributed by atoms with Crippen LogP contribution in [-0.4, -0.2) is 87.5 Å². The molecule has 1 saturated heterocycles. The summed E-state index contributed by atoms with van der Waals surface area (Å²) in [4.78, 5) is 13.1. The summed E-state index contributed by atoms with van der Waals surface area (Å²) in [5.74, 6) is -0.216. The van der Waals surface area contributed by atoms with E-state index in [1.165, 1.54) is 64.2 Å². The second-order valence-corrected chi connectivity index (χ2v) is 20.0. The van der Waals surface area contributed by atoms with Crippen LogP contribution in [0.25, 0.3) is 0 Å². The lowest BCUT2D eigenvalue weighted by atomic mass is 9.99. The highest BCUT2D eigenvalue weighted by Crippen LogP contribution is 2.23. The van der Waals surface area contributed by atoms with Crippen molar-refractivity contribution in [1.29, 1.82) is 0 Å². The van der Waals surface area contributed by atoms with Crippen LogP contribution in [0.15, 0.2) is 146 Å². The molecule has 1 aliphatic rings. The Hall–Kier alpha value is -3.93. The smallest absolute Gasteiger partial charge is 0.220 e. The maximum absolute atomic E-state index is 13.1. The molecule has 7 unspecified atom stereocenters. The van der Waals surface area contributed by atoms with Crippen molar-refractivity contribution in [3.63, 3.8) is 0 Å². The molecule has 76 heavy (non-hydrogen) atoms. The summed E-state index contributed by atoms with van der Waals surface area (Å²) >= 11 is 0. The van der Waals surface area contributed by atoms with E-state index in [9.17, 15) is 30.3 Å². The van der Waals surface area contributed by atoms with E-state index in [0.717, 1.165) is 122 Å². The molecule has 0 aliphatic carbocycles. The van der Waals surface area contributed by atoms with Gasteiger partial charge in [0.05, 0.1) is 25.4 Å². The molecule has 9 heteroatoms. The van der Waals surface area contributed by atoms with Crippen molar-refractivity contribution in [2.75, 3.05) is 13.2 Å². The second kappa shape index (κ2) is 54.4. The SMILES string of the molecule is CC/C=C\C/C=C\C/C=C\C/C=C\C/C=C\C/C=C\C/C=C\C/C=C\C/C=C\CCCCCCCC(=O)NC(COC1OC(CO)C(O)C(O)C1O)C(O)/C=C/CC/C=C/CC/C=C/CCCCCCCCCCCC. The number of rotatable bonds is 49. The lowest BCUT2D eigenvalue weighted by Crippen LogP contribution is -2.60. The average molecular weight is 1060 g/mol. The van der Waals surface area contributed by atoms with E-state index in [4.69, 9.17) is 9.47 Å². The normalized spacial score (nSPS) is 19.9. The lowest BCUT2D eigenvalue weighted by Gasteiger charge is -2.40. The third kappa shape index (κ3) is 43.1. The summed E-state index contributed by atoms with van der Waals surface area (Å²) in [6, 6.07) is -0.851. The molecule has 0 aromatic carbocycles. The van der Waals surface area contributed by atoms with Gasteiger partial charge in [-0.15, -0.1) is 0 Å². The van der Waals surface area contributed by atoms with Crippen molar-refractivity contribution < 1.29 is 39.8 Å². The van der Waals surface area contributed by atoms with Crippen molar-refractivity contribution in [3.05, 3.63) is 146 Å². The molecule has 9 nitrogen and oxygen atoms in total. The van der Waals surface area contributed by atoms with Crippen LogP contribution in [0.1, 0.15) is 213 Å². The summed E-state index contributed by atoms with van der Waals surface area (Å²) in [7, 11) is 0. The second-order valence-electron chi connectivity index (χ2n) is 20.0. The fourth-order valence-corrected chi connectivity index (χ4v) is 8.41. The van der Waals surface area contributed by atoms with Gasteiger partial charge in [-0.05, 0) is 116 Å². The molecule has 0 spiro atoms. The highest BCUT2D eigenvalue weighted by atomic mass is 16.7. The first-order chi connectivity index (χ1) is 37.3. The Bertz CT molecular complexity index is 1700. The first kappa shape index (κ1) is 70.1. The van der Waals surface area contributed by atoms with Crippen LogP contribution < -0.4 is 5.32 Å². The molecule has 6 N–H and O–H groups in total. The van der Waals surface area contributed by atoms with Gasteiger partial charge in [0.25, 0.3) is 0 Å². The van der Waals surface area contributed by atoms with E-state index in [0.29, 0.717) is 12.8 Å². The third-order valence-electron chi connectivity index (χ3n) is 13.1. The minimum absolute atomic E-state index is 0.216. The van der Waals surface area contributed by atoms with Gasteiger partial charge in [0.1, 0.15) is 24.4 Å². The number of amides is 1.